The molecule has 0 aliphatic rings. The van der Waals surface area contributed by atoms with Crippen LogP contribution in [-0.2, 0) is 26.2 Å². The summed E-state index contributed by atoms with van der Waals surface area (Å²) in [4.78, 5) is 28.3. The van der Waals surface area contributed by atoms with Gasteiger partial charge in [0, 0.05) is 17.1 Å². The van der Waals surface area contributed by atoms with E-state index in [1.165, 1.54) is 41.3 Å². The summed E-state index contributed by atoms with van der Waals surface area (Å²) in [6.07, 6.45) is 0.705. The highest BCUT2D eigenvalue weighted by Gasteiger charge is 2.32. The molecule has 0 aliphatic heterocycles. The summed E-state index contributed by atoms with van der Waals surface area (Å²) < 4.78 is 42.9. The topological polar surface area (TPSA) is 86.8 Å². The molecule has 0 saturated carbocycles. The van der Waals surface area contributed by atoms with Gasteiger partial charge in [0.25, 0.3) is 10.0 Å². The number of hydrogen-bond acceptors (Lipinski definition) is 4. The molecule has 3 rings (SSSR count). The Bertz CT molecular complexity index is 1380. The number of hydrogen-bond donors (Lipinski definition) is 1. The molecule has 0 heterocycles. The number of rotatable bonds is 11. The van der Waals surface area contributed by atoms with E-state index in [0.717, 1.165) is 14.3 Å². The van der Waals surface area contributed by atoms with Gasteiger partial charge in [-0.15, -0.1) is 0 Å². The smallest absolute Gasteiger partial charge is 0.264 e. The monoisotopic (exact) mass is 617 g/mol. The fraction of sp³-hybridized carbons (Fsp3) is 0.310. The number of carbonyl (C=O) groups is 2. The Labute approximate surface area is 238 Å². The van der Waals surface area contributed by atoms with E-state index >= 15 is 0 Å². The van der Waals surface area contributed by atoms with Gasteiger partial charge in [0.05, 0.1) is 10.6 Å². The van der Waals surface area contributed by atoms with Gasteiger partial charge in [-0.25, -0.2) is 12.8 Å². The van der Waals surface area contributed by atoms with Crippen molar-refractivity contribution in [2.45, 2.75) is 57.6 Å². The molecule has 3 aromatic carbocycles. The Morgan fingerprint density at radius 3 is 2.10 bits per heavy atom. The Morgan fingerprint density at radius 1 is 0.949 bits per heavy atom. The van der Waals surface area contributed by atoms with Gasteiger partial charge >= 0.3 is 0 Å². The van der Waals surface area contributed by atoms with Crippen LogP contribution in [0.3, 0.4) is 0 Å². The normalized spacial score (nSPS) is 12.9. The van der Waals surface area contributed by atoms with Gasteiger partial charge in [0.15, 0.2) is 0 Å². The fourth-order valence-corrected chi connectivity index (χ4v) is 5.49. The molecule has 208 valence electrons. The second kappa shape index (κ2) is 13.2. The lowest BCUT2D eigenvalue weighted by Gasteiger charge is -2.32. The number of sulfonamides is 1. The molecule has 0 fully saturated rings. The van der Waals surface area contributed by atoms with Crippen molar-refractivity contribution in [3.63, 3.8) is 0 Å². The summed E-state index contributed by atoms with van der Waals surface area (Å²) in [6.45, 7) is 6.69. The van der Waals surface area contributed by atoms with Crippen LogP contribution in [0.5, 0.6) is 0 Å². The first-order valence-corrected chi connectivity index (χ1v) is 14.8. The minimum Gasteiger partial charge on any atom is -0.352 e. The molecule has 39 heavy (non-hydrogen) atoms. The van der Waals surface area contributed by atoms with Gasteiger partial charge < -0.3 is 10.2 Å². The lowest BCUT2D eigenvalue weighted by molar-refractivity contribution is -0.139. The number of nitrogens with zero attached hydrogens (tertiary/aromatic N) is 2. The molecule has 0 aliphatic carbocycles. The van der Waals surface area contributed by atoms with Crippen LogP contribution in [0.25, 0.3) is 0 Å². The minimum atomic E-state index is -4.14. The summed E-state index contributed by atoms with van der Waals surface area (Å²) in [6, 6.07) is 17.6. The number of aryl methyl sites for hydroxylation is 1. The molecule has 0 bridgehead atoms. The molecule has 2 atom stereocenters. The average Bonchev–Trinajstić information content (AvgIpc) is 2.91. The molecule has 2 amide bonds. The number of anilines is 1. The van der Waals surface area contributed by atoms with E-state index in [4.69, 9.17) is 0 Å². The van der Waals surface area contributed by atoms with E-state index in [1.807, 2.05) is 20.8 Å². The molecule has 0 radical (unpaired) electrons. The molecule has 3 aromatic rings. The number of nitrogens with one attached hydrogen (secondary N) is 1. The lowest BCUT2D eigenvalue weighted by atomic mass is 10.1. The van der Waals surface area contributed by atoms with Crippen molar-refractivity contribution in [1.82, 2.24) is 10.2 Å². The van der Waals surface area contributed by atoms with Crippen LogP contribution in [0.1, 0.15) is 38.3 Å². The molecular formula is C29H33BrFN3O4S. The van der Waals surface area contributed by atoms with Crippen molar-refractivity contribution in [1.29, 1.82) is 0 Å². The van der Waals surface area contributed by atoms with E-state index in [0.29, 0.717) is 17.7 Å². The zero-order chi connectivity index (χ0) is 28.7. The second-order valence-corrected chi connectivity index (χ2v) is 12.2. The molecule has 0 spiro atoms. The summed E-state index contributed by atoms with van der Waals surface area (Å²) in [5.74, 6) is -1.37. The number of benzene rings is 3. The Balaban J connectivity index is 2.01. The van der Waals surface area contributed by atoms with E-state index in [1.54, 1.807) is 43.3 Å². The maximum Gasteiger partial charge on any atom is 0.264 e. The van der Waals surface area contributed by atoms with E-state index < -0.39 is 34.3 Å². The highest BCUT2D eigenvalue weighted by atomic mass is 79.9. The van der Waals surface area contributed by atoms with Crippen molar-refractivity contribution in [3.8, 4) is 0 Å². The van der Waals surface area contributed by atoms with E-state index in [9.17, 15) is 22.4 Å². The summed E-state index contributed by atoms with van der Waals surface area (Å²) in [5, 5.41) is 2.88. The van der Waals surface area contributed by atoms with Crippen LogP contribution in [0.4, 0.5) is 10.1 Å². The Morgan fingerprint density at radius 2 is 1.54 bits per heavy atom. The molecule has 10 heteroatoms. The standard InChI is InChI=1S/C29H33BrFN3O4S/c1-5-21(3)32-29(36)22(4)33(18-23-8-12-25(31)13-9-23)28(35)19-34(26-14-10-24(30)11-15-26)39(37,38)27-16-6-20(2)7-17-27/h6-17,21-22H,5,18-19H2,1-4H3,(H,32,36)/t21-,22+/m1/s1. The molecule has 0 unspecified atom stereocenters. The lowest BCUT2D eigenvalue weighted by Crippen LogP contribution is -2.52. The van der Waals surface area contributed by atoms with Crippen LogP contribution in [-0.4, -0.2) is 43.8 Å². The predicted molar refractivity (Wildman–Crippen MR) is 154 cm³/mol. The van der Waals surface area contributed by atoms with Gasteiger partial charge in [-0.1, -0.05) is 52.7 Å². The highest BCUT2D eigenvalue weighted by molar-refractivity contribution is 9.10. The van der Waals surface area contributed by atoms with Gasteiger partial charge in [0.2, 0.25) is 11.8 Å². The van der Waals surface area contributed by atoms with Gasteiger partial charge in [-0.2, -0.15) is 0 Å². The maximum atomic E-state index is 13.9. The second-order valence-electron chi connectivity index (χ2n) is 9.44. The van der Waals surface area contributed by atoms with Crippen molar-refractivity contribution in [3.05, 3.63) is 94.2 Å². The number of amides is 2. The van der Waals surface area contributed by atoms with Gasteiger partial charge in [-0.05, 0) is 81.3 Å². The summed E-state index contributed by atoms with van der Waals surface area (Å²) in [5.41, 5.74) is 1.79. The highest BCUT2D eigenvalue weighted by Crippen LogP contribution is 2.26. The first-order valence-electron chi connectivity index (χ1n) is 12.6. The molecule has 0 aromatic heterocycles. The third-order valence-electron chi connectivity index (χ3n) is 6.44. The predicted octanol–water partition coefficient (Wildman–Crippen LogP) is 5.42. The Hall–Kier alpha value is -3.24. The molecule has 0 saturated heterocycles. The largest absolute Gasteiger partial charge is 0.352 e. The SMILES string of the molecule is CC[C@@H](C)NC(=O)[C@H](C)N(Cc1ccc(F)cc1)C(=O)CN(c1ccc(Br)cc1)S(=O)(=O)c1ccc(C)cc1. The fourth-order valence-electron chi connectivity index (χ4n) is 3.81. The minimum absolute atomic E-state index is 0.00698. The van der Waals surface area contributed by atoms with Crippen molar-refractivity contribution in [2.75, 3.05) is 10.8 Å². The maximum absolute atomic E-state index is 13.9. The third kappa shape index (κ3) is 7.89. The molecule has 7 nitrogen and oxygen atoms in total. The van der Waals surface area contributed by atoms with Gasteiger partial charge in [-0.3, -0.25) is 13.9 Å². The quantitative estimate of drug-likeness (QED) is 0.311. The van der Waals surface area contributed by atoms with Crippen LogP contribution in [0.2, 0.25) is 0 Å². The van der Waals surface area contributed by atoms with Crippen molar-refractivity contribution < 1.29 is 22.4 Å². The van der Waals surface area contributed by atoms with Crippen molar-refractivity contribution in [2.24, 2.45) is 0 Å². The summed E-state index contributed by atoms with van der Waals surface area (Å²) >= 11 is 3.36. The summed E-state index contributed by atoms with van der Waals surface area (Å²) in [7, 11) is -4.14. The number of carbonyl (C=O) groups excluding carboxylic acids is 2. The zero-order valence-corrected chi connectivity index (χ0v) is 24.8. The molecular weight excluding hydrogens is 585 g/mol. The Kier molecular flexibility index (Phi) is 10.3. The molecule has 1 N–H and O–H groups in total. The van der Waals surface area contributed by atoms with E-state index in [-0.39, 0.29) is 23.4 Å². The van der Waals surface area contributed by atoms with Crippen molar-refractivity contribution >= 4 is 43.5 Å². The third-order valence-corrected chi connectivity index (χ3v) is 8.75. The first-order chi connectivity index (χ1) is 18.4. The van der Waals surface area contributed by atoms with Crippen LogP contribution in [0, 0.1) is 12.7 Å². The van der Waals surface area contributed by atoms with E-state index in [2.05, 4.69) is 21.2 Å². The van der Waals surface area contributed by atoms with Crippen LogP contribution < -0.4 is 9.62 Å². The van der Waals surface area contributed by atoms with Crippen LogP contribution in [0.15, 0.2) is 82.2 Å². The first kappa shape index (κ1) is 30.3. The number of halogens is 2. The zero-order valence-electron chi connectivity index (χ0n) is 22.4. The van der Waals surface area contributed by atoms with Gasteiger partial charge in [0.1, 0.15) is 18.4 Å². The average molecular weight is 619 g/mol. The van der Waals surface area contributed by atoms with Crippen LogP contribution >= 0.6 is 15.9 Å².